The number of aromatic nitrogens is 1. The van der Waals surface area contributed by atoms with Crippen molar-refractivity contribution in [1.82, 2.24) is 4.57 Å². The second-order valence-electron chi connectivity index (χ2n) is 6.01. The van der Waals surface area contributed by atoms with E-state index >= 15 is 0 Å². The molecule has 0 spiro atoms. The van der Waals surface area contributed by atoms with Crippen molar-refractivity contribution in [2.45, 2.75) is 13.8 Å². The lowest BCUT2D eigenvalue weighted by Gasteiger charge is -2.08. The van der Waals surface area contributed by atoms with E-state index in [0.717, 1.165) is 22.2 Å². The molecule has 0 saturated carbocycles. The van der Waals surface area contributed by atoms with Crippen molar-refractivity contribution in [3.05, 3.63) is 72.3 Å². The van der Waals surface area contributed by atoms with Crippen LogP contribution < -0.4 is 0 Å². The average molecular weight is 299 g/mol. The summed E-state index contributed by atoms with van der Waals surface area (Å²) in [6.07, 6.45) is 0. The lowest BCUT2D eigenvalue weighted by atomic mass is 10.0. The Hall–Kier alpha value is -2.87. The first-order chi connectivity index (χ1) is 11.1. The van der Waals surface area contributed by atoms with Crippen molar-refractivity contribution in [3.63, 3.8) is 0 Å². The van der Waals surface area contributed by atoms with Gasteiger partial charge in [-0.15, -0.1) is 0 Å². The predicted octanol–water partition coefficient (Wildman–Crippen LogP) is 5.43. The molecule has 0 atom stereocenters. The summed E-state index contributed by atoms with van der Waals surface area (Å²) in [6, 6.07) is 22.9. The van der Waals surface area contributed by atoms with E-state index in [1.165, 1.54) is 16.3 Å². The third-order valence-electron chi connectivity index (χ3n) is 4.32. The molecule has 0 bridgehead atoms. The van der Waals surface area contributed by atoms with Crippen molar-refractivity contribution >= 4 is 27.6 Å². The Balaban J connectivity index is 2.02. The van der Waals surface area contributed by atoms with E-state index in [1.807, 2.05) is 24.3 Å². The van der Waals surface area contributed by atoms with E-state index in [9.17, 15) is 4.79 Å². The Morgan fingerprint density at radius 2 is 1.61 bits per heavy atom. The van der Waals surface area contributed by atoms with Crippen LogP contribution in [0.25, 0.3) is 32.9 Å². The molecule has 112 valence electrons. The van der Waals surface area contributed by atoms with Gasteiger partial charge in [0.05, 0.1) is 11.2 Å². The van der Waals surface area contributed by atoms with Gasteiger partial charge in [-0.25, -0.2) is 0 Å². The molecule has 0 fully saturated rings. The van der Waals surface area contributed by atoms with Crippen molar-refractivity contribution in [2.24, 2.45) is 0 Å². The molecule has 4 aromatic rings. The van der Waals surface area contributed by atoms with E-state index < -0.39 is 0 Å². The Bertz CT molecular complexity index is 1060. The normalized spacial score (nSPS) is 11.2. The third kappa shape index (κ3) is 2.23. The molecule has 3 aromatic carbocycles. The molecule has 23 heavy (non-hydrogen) atoms. The van der Waals surface area contributed by atoms with Crippen LogP contribution in [0.1, 0.15) is 17.3 Å². The van der Waals surface area contributed by atoms with Gasteiger partial charge in [0.15, 0.2) is 0 Å². The van der Waals surface area contributed by atoms with Gasteiger partial charge in [-0.05, 0) is 47.5 Å². The Morgan fingerprint density at radius 3 is 2.39 bits per heavy atom. The van der Waals surface area contributed by atoms with Crippen LogP contribution in [0.5, 0.6) is 0 Å². The smallest absolute Gasteiger partial charge is 0.228 e. The fourth-order valence-corrected chi connectivity index (χ4v) is 3.24. The second kappa shape index (κ2) is 5.10. The first-order valence-electron chi connectivity index (χ1n) is 7.76. The van der Waals surface area contributed by atoms with Gasteiger partial charge in [-0.3, -0.25) is 9.36 Å². The maximum absolute atomic E-state index is 12.2. The lowest BCUT2D eigenvalue weighted by molar-refractivity contribution is 0.0943. The van der Waals surface area contributed by atoms with Crippen molar-refractivity contribution in [3.8, 4) is 11.3 Å². The fraction of sp³-hybridized carbons (Fsp3) is 0.0952. The highest BCUT2D eigenvalue weighted by Crippen LogP contribution is 2.30. The number of fused-ring (bicyclic) bond motifs is 2. The maximum Gasteiger partial charge on any atom is 0.228 e. The summed E-state index contributed by atoms with van der Waals surface area (Å²) < 4.78 is 1.80. The fourth-order valence-electron chi connectivity index (χ4n) is 3.24. The minimum absolute atomic E-state index is 0.0343. The molecule has 2 heteroatoms. The molecule has 0 saturated heterocycles. The molecule has 0 aliphatic rings. The molecule has 4 rings (SSSR count). The lowest BCUT2D eigenvalue weighted by Crippen LogP contribution is -2.06. The Morgan fingerprint density at radius 1 is 0.826 bits per heavy atom. The first kappa shape index (κ1) is 13.8. The summed E-state index contributed by atoms with van der Waals surface area (Å²) in [5.41, 5.74) is 4.17. The SMILES string of the molecule is CC(=O)n1c(-c2ccc3ccccc3c2)cc2cc(C)ccc21. The van der Waals surface area contributed by atoms with E-state index in [-0.39, 0.29) is 5.91 Å². The summed E-state index contributed by atoms with van der Waals surface area (Å²) in [4.78, 5) is 12.2. The molecule has 0 aliphatic heterocycles. The van der Waals surface area contributed by atoms with Gasteiger partial charge in [0, 0.05) is 12.3 Å². The number of carbonyl (C=O) groups is 1. The van der Waals surface area contributed by atoms with Gasteiger partial charge >= 0.3 is 0 Å². The molecule has 1 heterocycles. The van der Waals surface area contributed by atoms with Gasteiger partial charge in [0.2, 0.25) is 5.91 Å². The van der Waals surface area contributed by atoms with Crippen LogP contribution in [0.2, 0.25) is 0 Å². The highest BCUT2D eigenvalue weighted by Gasteiger charge is 2.14. The molecule has 0 amide bonds. The molecular weight excluding hydrogens is 282 g/mol. The predicted molar refractivity (Wildman–Crippen MR) is 95.9 cm³/mol. The standard InChI is InChI=1S/C21H17NO/c1-14-7-10-20-19(11-14)13-21(22(20)15(2)23)18-9-8-16-5-3-4-6-17(16)12-18/h3-13H,1-2H3. The molecule has 0 unspecified atom stereocenters. The molecule has 1 aromatic heterocycles. The molecule has 2 nitrogen and oxygen atoms in total. The van der Waals surface area contributed by atoms with Crippen LogP contribution in [0, 0.1) is 6.92 Å². The number of carbonyl (C=O) groups excluding carboxylic acids is 1. The summed E-state index contributed by atoms with van der Waals surface area (Å²) in [6.45, 7) is 3.68. The molecule has 0 N–H and O–H groups in total. The Labute approximate surface area is 135 Å². The van der Waals surface area contributed by atoms with Crippen LogP contribution in [0.15, 0.2) is 66.7 Å². The Kier molecular flexibility index (Phi) is 3.05. The van der Waals surface area contributed by atoms with Crippen LogP contribution >= 0.6 is 0 Å². The molecule has 0 radical (unpaired) electrons. The largest absolute Gasteiger partial charge is 0.280 e. The topological polar surface area (TPSA) is 22.0 Å². The highest BCUT2D eigenvalue weighted by atomic mass is 16.1. The van der Waals surface area contributed by atoms with Gasteiger partial charge in [-0.2, -0.15) is 0 Å². The van der Waals surface area contributed by atoms with Crippen LogP contribution in [-0.2, 0) is 0 Å². The highest BCUT2D eigenvalue weighted by molar-refractivity contribution is 5.99. The second-order valence-corrected chi connectivity index (χ2v) is 6.01. The van der Waals surface area contributed by atoms with E-state index in [0.29, 0.717) is 0 Å². The van der Waals surface area contributed by atoms with Crippen LogP contribution in [0.3, 0.4) is 0 Å². The summed E-state index contributed by atoms with van der Waals surface area (Å²) in [5.74, 6) is 0.0343. The summed E-state index contributed by atoms with van der Waals surface area (Å²) >= 11 is 0. The number of aryl methyl sites for hydroxylation is 1. The molecule has 0 aliphatic carbocycles. The van der Waals surface area contributed by atoms with E-state index in [4.69, 9.17) is 0 Å². The zero-order chi connectivity index (χ0) is 16.0. The zero-order valence-electron chi connectivity index (χ0n) is 13.2. The first-order valence-corrected chi connectivity index (χ1v) is 7.76. The minimum Gasteiger partial charge on any atom is -0.280 e. The minimum atomic E-state index is 0.0343. The van der Waals surface area contributed by atoms with Crippen molar-refractivity contribution in [2.75, 3.05) is 0 Å². The van der Waals surface area contributed by atoms with Crippen molar-refractivity contribution in [1.29, 1.82) is 0 Å². The van der Waals surface area contributed by atoms with E-state index in [1.54, 1.807) is 11.5 Å². The monoisotopic (exact) mass is 299 g/mol. The van der Waals surface area contributed by atoms with Crippen LogP contribution in [0.4, 0.5) is 0 Å². The number of rotatable bonds is 1. The number of benzene rings is 3. The summed E-state index contributed by atoms with van der Waals surface area (Å²) in [7, 11) is 0. The number of nitrogens with zero attached hydrogens (tertiary/aromatic N) is 1. The van der Waals surface area contributed by atoms with Gasteiger partial charge < -0.3 is 0 Å². The van der Waals surface area contributed by atoms with Gasteiger partial charge in [0.25, 0.3) is 0 Å². The van der Waals surface area contributed by atoms with Crippen molar-refractivity contribution < 1.29 is 4.79 Å². The molecular formula is C21H17NO. The van der Waals surface area contributed by atoms with E-state index in [2.05, 4.69) is 49.4 Å². The summed E-state index contributed by atoms with van der Waals surface area (Å²) in [5, 5.41) is 3.49. The number of hydrogen-bond donors (Lipinski definition) is 0. The van der Waals surface area contributed by atoms with Gasteiger partial charge in [0.1, 0.15) is 0 Å². The van der Waals surface area contributed by atoms with Gasteiger partial charge in [-0.1, -0.05) is 48.0 Å². The maximum atomic E-state index is 12.2. The quantitative estimate of drug-likeness (QED) is 0.459. The zero-order valence-corrected chi connectivity index (χ0v) is 13.2. The average Bonchev–Trinajstić information content (AvgIpc) is 2.93. The number of hydrogen-bond acceptors (Lipinski definition) is 1. The third-order valence-corrected chi connectivity index (χ3v) is 4.32. The van der Waals surface area contributed by atoms with Crippen LogP contribution in [-0.4, -0.2) is 10.5 Å².